The summed E-state index contributed by atoms with van der Waals surface area (Å²) in [5.74, 6) is 0.898. The Hall–Kier alpha value is -0.0800. The van der Waals surface area contributed by atoms with Crippen LogP contribution in [0.3, 0.4) is 0 Å². The van der Waals surface area contributed by atoms with E-state index in [-0.39, 0.29) is 6.10 Å². The molecule has 0 radical (unpaired) electrons. The molecule has 2 N–H and O–H groups in total. The van der Waals surface area contributed by atoms with E-state index in [1.165, 1.54) is 64.3 Å². The normalized spacial score (nSPS) is 33.0. The molecule has 0 spiro atoms. The van der Waals surface area contributed by atoms with Gasteiger partial charge in [-0.1, -0.05) is 32.1 Å². The molecule has 0 aromatic carbocycles. The van der Waals surface area contributed by atoms with Gasteiger partial charge in [0.15, 0.2) is 0 Å². The first-order valence-corrected chi connectivity index (χ1v) is 7.76. The van der Waals surface area contributed by atoms with E-state index in [0.717, 1.165) is 18.8 Å². The Morgan fingerprint density at radius 3 is 2.24 bits per heavy atom. The Labute approximate surface area is 106 Å². The van der Waals surface area contributed by atoms with Gasteiger partial charge >= 0.3 is 0 Å². The molecule has 17 heavy (non-hydrogen) atoms. The zero-order chi connectivity index (χ0) is 11.9. The minimum atomic E-state index is -0.0430. The third-order valence-electron chi connectivity index (χ3n) is 4.57. The van der Waals surface area contributed by atoms with Crippen LogP contribution in [-0.2, 0) is 0 Å². The Morgan fingerprint density at radius 2 is 1.53 bits per heavy atom. The maximum atomic E-state index is 9.66. The van der Waals surface area contributed by atoms with Gasteiger partial charge in [0.1, 0.15) is 0 Å². The summed E-state index contributed by atoms with van der Waals surface area (Å²) in [6.07, 6.45) is 14.5. The third kappa shape index (κ3) is 4.97. The molecule has 2 saturated carbocycles. The standard InChI is InChI=1S/C15H29NO/c17-15-10-6-9-14(11-15)16-12-13-7-4-2-1-3-5-8-13/h13-17H,1-12H2. The average molecular weight is 239 g/mol. The van der Waals surface area contributed by atoms with Crippen LogP contribution in [0.5, 0.6) is 0 Å². The number of aliphatic hydroxyl groups is 1. The van der Waals surface area contributed by atoms with Gasteiger partial charge in [-0.15, -0.1) is 0 Å². The van der Waals surface area contributed by atoms with Crippen LogP contribution in [0, 0.1) is 5.92 Å². The Kier molecular flexibility index (Phi) is 5.79. The molecule has 2 nitrogen and oxygen atoms in total. The first-order valence-electron chi connectivity index (χ1n) is 7.76. The molecule has 100 valence electrons. The first-order chi connectivity index (χ1) is 8.34. The summed E-state index contributed by atoms with van der Waals surface area (Å²) in [5, 5.41) is 13.4. The van der Waals surface area contributed by atoms with Crippen molar-refractivity contribution < 1.29 is 5.11 Å². The molecule has 2 rings (SSSR count). The van der Waals surface area contributed by atoms with Crippen molar-refractivity contribution in [2.24, 2.45) is 5.92 Å². The molecule has 2 fully saturated rings. The van der Waals surface area contributed by atoms with Crippen LogP contribution in [0.4, 0.5) is 0 Å². The highest BCUT2D eigenvalue weighted by Gasteiger charge is 2.20. The largest absolute Gasteiger partial charge is 0.393 e. The Bertz CT molecular complexity index is 199. The van der Waals surface area contributed by atoms with E-state index in [1.54, 1.807) is 0 Å². The summed E-state index contributed by atoms with van der Waals surface area (Å²) in [4.78, 5) is 0. The van der Waals surface area contributed by atoms with E-state index in [4.69, 9.17) is 0 Å². The lowest BCUT2D eigenvalue weighted by atomic mass is 9.89. The summed E-state index contributed by atoms with van der Waals surface area (Å²) >= 11 is 0. The Balaban J connectivity index is 1.65. The van der Waals surface area contributed by atoms with E-state index in [1.807, 2.05) is 0 Å². The quantitative estimate of drug-likeness (QED) is 0.792. The molecule has 0 heterocycles. The fourth-order valence-electron chi connectivity index (χ4n) is 3.43. The van der Waals surface area contributed by atoms with Crippen LogP contribution >= 0.6 is 0 Å². The zero-order valence-electron chi connectivity index (χ0n) is 11.2. The van der Waals surface area contributed by atoms with Crippen molar-refractivity contribution in [2.45, 2.75) is 82.8 Å². The van der Waals surface area contributed by atoms with Crippen LogP contribution in [0.25, 0.3) is 0 Å². The molecular weight excluding hydrogens is 210 g/mol. The molecule has 0 saturated heterocycles. The fourth-order valence-corrected chi connectivity index (χ4v) is 3.43. The minimum absolute atomic E-state index is 0.0430. The van der Waals surface area contributed by atoms with Gasteiger partial charge in [0.25, 0.3) is 0 Å². The SMILES string of the molecule is OC1CCCC(NCC2CCCCCCC2)C1. The molecular formula is C15H29NO. The van der Waals surface area contributed by atoms with Gasteiger partial charge < -0.3 is 10.4 Å². The molecule has 2 unspecified atom stereocenters. The van der Waals surface area contributed by atoms with E-state index in [0.29, 0.717) is 6.04 Å². The van der Waals surface area contributed by atoms with Gasteiger partial charge in [-0.25, -0.2) is 0 Å². The third-order valence-corrected chi connectivity index (χ3v) is 4.57. The average Bonchev–Trinajstić information content (AvgIpc) is 2.27. The minimum Gasteiger partial charge on any atom is -0.393 e. The lowest BCUT2D eigenvalue weighted by molar-refractivity contribution is 0.110. The van der Waals surface area contributed by atoms with E-state index < -0.39 is 0 Å². The summed E-state index contributed by atoms with van der Waals surface area (Å²) in [7, 11) is 0. The predicted octanol–water partition coefficient (Wildman–Crippen LogP) is 3.24. The molecule has 2 heteroatoms. The van der Waals surface area contributed by atoms with Crippen molar-refractivity contribution in [3.63, 3.8) is 0 Å². The van der Waals surface area contributed by atoms with Gasteiger partial charge in [-0.3, -0.25) is 0 Å². The van der Waals surface area contributed by atoms with Crippen molar-refractivity contribution >= 4 is 0 Å². The van der Waals surface area contributed by atoms with Gasteiger partial charge in [0.05, 0.1) is 6.10 Å². The van der Waals surface area contributed by atoms with Crippen molar-refractivity contribution in [1.82, 2.24) is 5.32 Å². The number of aliphatic hydroxyl groups excluding tert-OH is 1. The van der Waals surface area contributed by atoms with Gasteiger partial charge in [-0.2, -0.15) is 0 Å². The lowest BCUT2D eigenvalue weighted by Gasteiger charge is -2.29. The number of nitrogens with one attached hydrogen (secondary N) is 1. The highest BCUT2D eigenvalue weighted by atomic mass is 16.3. The van der Waals surface area contributed by atoms with Crippen LogP contribution in [0.15, 0.2) is 0 Å². The van der Waals surface area contributed by atoms with Crippen LogP contribution in [-0.4, -0.2) is 23.8 Å². The maximum Gasteiger partial charge on any atom is 0.0555 e. The lowest BCUT2D eigenvalue weighted by Crippen LogP contribution is -2.38. The molecule has 0 aromatic rings. The molecule has 0 aromatic heterocycles. The maximum absolute atomic E-state index is 9.66. The summed E-state index contributed by atoms with van der Waals surface area (Å²) in [6, 6.07) is 0.587. The highest BCUT2D eigenvalue weighted by molar-refractivity contribution is 4.78. The van der Waals surface area contributed by atoms with Crippen molar-refractivity contribution in [2.75, 3.05) is 6.54 Å². The molecule has 2 aliphatic carbocycles. The van der Waals surface area contributed by atoms with Crippen molar-refractivity contribution in [3.05, 3.63) is 0 Å². The number of hydrogen-bond acceptors (Lipinski definition) is 2. The van der Waals surface area contributed by atoms with Crippen LogP contribution in [0.1, 0.15) is 70.6 Å². The van der Waals surface area contributed by atoms with Gasteiger partial charge in [0, 0.05) is 6.04 Å². The number of hydrogen-bond donors (Lipinski definition) is 2. The van der Waals surface area contributed by atoms with E-state index in [9.17, 15) is 5.11 Å². The monoisotopic (exact) mass is 239 g/mol. The summed E-state index contributed by atoms with van der Waals surface area (Å²) < 4.78 is 0. The topological polar surface area (TPSA) is 32.3 Å². The van der Waals surface area contributed by atoms with Crippen LogP contribution in [0.2, 0.25) is 0 Å². The first kappa shape index (κ1) is 13.4. The second-order valence-electron chi connectivity index (χ2n) is 6.14. The van der Waals surface area contributed by atoms with Crippen LogP contribution < -0.4 is 5.32 Å². The molecule has 2 aliphatic rings. The molecule has 0 amide bonds. The summed E-state index contributed by atoms with van der Waals surface area (Å²) in [6.45, 7) is 1.19. The highest BCUT2D eigenvalue weighted by Crippen LogP contribution is 2.23. The predicted molar refractivity (Wildman–Crippen MR) is 72.1 cm³/mol. The van der Waals surface area contributed by atoms with Gasteiger partial charge in [-0.05, 0) is 51.0 Å². The van der Waals surface area contributed by atoms with E-state index >= 15 is 0 Å². The smallest absolute Gasteiger partial charge is 0.0555 e. The van der Waals surface area contributed by atoms with E-state index in [2.05, 4.69) is 5.32 Å². The second kappa shape index (κ2) is 7.38. The fraction of sp³-hybridized carbons (Fsp3) is 1.00. The molecule has 0 bridgehead atoms. The molecule has 0 aliphatic heterocycles. The Morgan fingerprint density at radius 1 is 0.824 bits per heavy atom. The van der Waals surface area contributed by atoms with Gasteiger partial charge in [0.2, 0.25) is 0 Å². The second-order valence-corrected chi connectivity index (χ2v) is 6.14. The van der Waals surface area contributed by atoms with Crippen molar-refractivity contribution in [1.29, 1.82) is 0 Å². The molecule has 2 atom stereocenters. The summed E-state index contributed by atoms with van der Waals surface area (Å²) in [5.41, 5.74) is 0. The number of rotatable bonds is 3. The zero-order valence-corrected chi connectivity index (χ0v) is 11.2. The van der Waals surface area contributed by atoms with Crippen molar-refractivity contribution in [3.8, 4) is 0 Å².